The SMILES string of the molecule is COC1C=C(N(C)CCN(C)C)C([N+](=O)[O-])=CC1(N)c1ncnc(-n2cnc3ccccc32)n1. The van der Waals surface area contributed by atoms with Crippen LogP contribution in [0.4, 0.5) is 0 Å². The summed E-state index contributed by atoms with van der Waals surface area (Å²) < 4.78 is 7.38. The van der Waals surface area contributed by atoms with Crippen molar-refractivity contribution in [2.45, 2.75) is 11.6 Å². The highest BCUT2D eigenvalue weighted by Crippen LogP contribution is 2.34. The number of benzene rings is 1. The third-order valence-corrected chi connectivity index (χ3v) is 5.78. The molecule has 2 N–H and O–H groups in total. The van der Waals surface area contributed by atoms with E-state index in [1.54, 1.807) is 24.0 Å². The van der Waals surface area contributed by atoms with Crippen molar-refractivity contribution in [3.63, 3.8) is 0 Å². The van der Waals surface area contributed by atoms with E-state index in [0.29, 0.717) is 18.2 Å². The predicted octanol–water partition coefficient (Wildman–Crippen LogP) is 0.931. The molecule has 0 radical (unpaired) electrons. The fourth-order valence-corrected chi connectivity index (χ4v) is 3.87. The number of hydrogen-bond acceptors (Lipinski definition) is 10. The molecule has 1 aliphatic rings. The van der Waals surface area contributed by atoms with E-state index in [2.05, 4.69) is 19.9 Å². The number of aromatic nitrogens is 5. The molecule has 2 aromatic heterocycles. The zero-order valence-electron chi connectivity index (χ0n) is 19.5. The van der Waals surface area contributed by atoms with Gasteiger partial charge in [0.2, 0.25) is 5.95 Å². The van der Waals surface area contributed by atoms with Crippen molar-refractivity contribution >= 4 is 11.0 Å². The van der Waals surface area contributed by atoms with E-state index >= 15 is 0 Å². The number of imidazole rings is 1. The molecule has 34 heavy (non-hydrogen) atoms. The highest BCUT2D eigenvalue weighted by molar-refractivity contribution is 5.76. The molecule has 0 aliphatic heterocycles. The van der Waals surface area contributed by atoms with E-state index < -0.39 is 16.6 Å². The Morgan fingerprint density at radius 3 is 2.68 bits per heavy atom. The Kier molecular flexibility index (Phi) is 6.37. The van der Waals surface area contributed by atoms with Gasteiger partial charge in [-0.25, -0.2) is 15.0 Å². The number of likely N-dealkylation sites (N-methyl/N-ethyl adjacent to an activating group) is 2. The lowest BCUT2D eigenvalue weighted by Gasteiger charge is -2.35. The van der Waals surface area contributed by atoms with E-state index in [1.165, 1.54) is 19.5 Å². The average Bonchev–Trinajstić information content (AvgIpc) is 3.26. The van der Waals surface area contributed by atoms with Gasteiger partial charge in [0.05, 0.1) is 16.0 Å². The first kappa shape index (κ1) is 23.4. The molecule has 0 saturated carbocycles. The zero-order valence-corrected chi connectivity index (χ0v) is 19.5. The molecule has 2 atom stereocenters. The fraction of sp³-hybridized carbons (Fsp3) is 0.364. The van der Waals surface area contributed by atoms with Crippen LogP contribution in [0.1, 0.15) is 5.82 Å². The van der Waals surface area contributed by atoms with Gasteiger partial charge in [-0.05, 0) is 32.3 Å². The summed E-state index contributed by atoms with van der Waals surface area (Å²) in [6, 6.07) is 7.56. The van der Waals surface area contributed by atoms with Crippen molar-refractivity contribution in [3.05, 3.63) is 76.4 Å². The third-order valence-electron chi connectivity index (χ3n) is 5.78. The van der Waals surface area contributed by atoms with Crippen LogP contribution in [0.5, 0.6) is 0 Å². The van der Waals surface area contributed by atoms with Crippen LogP contribution >= 0.6 is 0 Å². The van der Waals surface area contributed by atoms with Crippen LogP contribution in [-0.4, -0.2) is 86.7 Å². The Balaban J connectivity index is 1.76. The molecule has 12 heteroatoms. The second-order valence-electron chi connectivity index (χ2n) is 8.37. The Morgan fingerprint density at radius 1 is 1.21 bits per heavy atom. The van der Waals surface area contributed by atoms with Gasteiger partial charge in [0, 0.05) is 33.3 Å². The molecule has 12 nitrogen and oxygen atoms in total. The summed E-state index contributed by atoms with van der Waals surface area (Å²) in [7, 11) is 7.18. The van der Waals surface area contributed by atoms with Crippen LogP contribution < -0.4 is 5.73 Å². The maximum absolute atomic E-state index is 12.0. The second kappa shape index (κ2) is 9.25. The van der Waals surface area contributed by atoms with E-state index in [0.717, 1.165) is 17.6 Å². The molecule has 1 aliphatic carbocycles. The molecule has 1 aromatic carbocycles. The largest absolute Gasteiger partial charge is 0.375 e. The summed E-state index contributed by atoms with van der Waals surface area (Å²) in [6.45, 7) is 1.31. The molecule has 2 heterocycles. The molecule has 0 amide bonds. The van der Waals surface area contributed by atoms with Gasteiger partial charge in [-0.2, -0.15) is 4.98 Å². The lowest BCUT2D eigenvalue weighted by molar-refractivity contribution is -0.423. The molecule has 2 unspecified atom stereocenters. The standard InChI is InChI=1S/C22H27N9O3/c1-28(2)9-10-29(3)17-11-19(34-4)22(23,12-18(17)31(32)33)20-24-13-25-21(27-20)30-14-26-15-7-5-6-8-16(15)30/h5-8,11-14,19H,9-10,23H2,1-4H3. The quantitative estimate of drug-likeness (QED) is 0.377. The van der Waals surface area contributed by atoms with Crippen LogP contribution in [0.25, 0.3) is 17.0 Å². The van der Waals surface area contributed by atoms with Crippen LogP contribution in [0, 0.1) is 10.1 Å². The summed E-state index contributed by atoms with van der Waals surface area (Å²) >= 11 is 0. The van der Waals surface area contributed by atoms with Gasteiger partial charge in [-0.3, -0.25) is 14.7 Å². The van der Waals surface area contributed by atoms with E-state index in [4.69, 9.17) is 10.5 Å². The van der Waals surface area contributed by atoms with Gasteiger partial charge in [0.1, 0.15) is 30.0 Å². The summed E-state index contributed by atoms with van der Waals surface area (Å²) in [6.07, 6.45) is 5.22. The number of rotatable bonds is 8. The number of nitro groups is 1. The maximum Gasteiger partial charge on any atom is 0.290 e. The normalized spacial score (nSPS) is 20.4. The molecular formula is C22H27N9O3. The minimum Gasteiger partial charge on any atom is -0.375 e. The number of para-hydroxylation sites is 2. The number of fused-ring (bicyclic) bond motifs is 1. The van der Waals surface area contributed by atoms with Gasteiger partial charge >= 0.3 is 0 Å². The van der Waals surface area contributed by atoms with Gasteiger partial charge in [-0.1, -0.05) is 12.1 Å². The summed E-state index contributed by atoms with van der Waals surface area (Å²) in [5.74, 6) is 0.444. The summed E-state index contributed by atoms with van der Waals surface area (Å²) in [5, 5.41) is 12.0. The number of methoxy groups -OCH3 is 1. The van der Waals surface area contributed by atoms with Crippen LogP contribution in [0.3, 0.4) is 0 Å². The Morgan fingerprint density at radius 2 is 1.97 bits per heavy atom. The fourth-order valence-electron chi connectivity index (χ4n) is 3.87. The molecule has 0 saturated heterocycles. The second-order valence-corrected chi connectivity index (χ2v) is 8.37. The summed E-state index contributed by atoms with van der Waals surface area (Å²) in [5.41, 5.74) is 7.12. The van der Waals surface area contributed by atoms with Crippen molar-refractivity contribution in [3.8, 4) is 5.95 Å². The minimum atomic E-state index is -1.49. The highest BCUT2D eigenvalue weighted by atomic mass is 16.6. The topological polar surface area (TPSA) is 141 Å². The molecule has 0 fully saturated rings. The maximum atomic E-state index is 12.0. The van der Waals surface area contributed by atoms with Gasteiger partial charge in [0.25, 0.3) is 5.70 Å². The molecular weight excluding hydrogens is 438 g/mol. The first-order chi connectivity index (χ1) is 16.2. The number of hydrogen-bond donors (Lipinski definition) is 1. The zero-order chi connectivity index (χ0) is 24.5. The van der Waals surface area contributed by atoms with E-state index in [-0.39, 0.29) is 11.5 Å². The van der Waals surface area contributed by atoms with E-state index in [1.807, 2.05) is 48.2 Å². The minimum absolute atomic E-state index is 0.132. The van der Waals surface area contributed by atoms with Gasteiger partial charge < -0.3 is 20.3 Å². The van der Waals surface area contributed by atoms with Gasteiger partial charge in [-0.15, -0.1) is 0 Å². The Labute approximate surface area is 196 Å². The Bertz CT molecular complexity index is 1270. The third kappa shape index (κ3) is 4.25. The molecule has 3 aromatic rings. The lowest BCUT2D eigenvalue weighted by Crippen LogP contribution is -2.51. The molecule has 178 valence electrons. The molecule has 0 spiro atoms. The van der Waals surface area contributed by atoms with Crippen LogP contribution in [-0.2, 0) is 10.3 Å². The Hall–Kier alpha value is -3.74. The van der Waals surface area contributed by atoms with Crippen molar-refractivity contribution in [2.24, 2.45) is 5.73 Å². The predicted molar refractivity (Wildman–Crippen MR) is 125 cm³/mol. The van der Waals surface area contributed by atoms with Crippen LogP contribution in [0.15, 0.2) is 60.5 Å². The smallest absolute Gasteiger partial charge is 0.290 e. The molecule has 0 bridgehead atoms. The van der Waals surface area contributed by atoms with Crippen molar-refractivity contribution in [1.82, 2.24) is 34.3 Å². The van der Waals surface area contributed by atoms with Gasteiger partial charge in [0.15, 0.2) is 5.82 Å². The average molecular weight is 466 g/mol. The highest BCUT2D eigenvalue weighted by Gasteiger charge is 2.45. The summed E-state index contributed by atoms with van der Waals surface area (Å²) in [4.78, 5) is 32.9. The van der Waals surface area contributed by atoms with Crippen LogP contribution in [0.2, 0.25) is 0 Å². The number of nitrogens with two attached hydrogens (primary N) is 1. The van der Waals surface area contributed by atoms with Crippen molar-refractivity contribution < 1.29 is 9.66 Å². The number of ether oxygens (including phenoxy) is 1. The van der Waals surface area contributed by atoms with Crippen molar-refractivity contribution in [1.29, 1.82) is 0 Å². The monoisotopic (exact) mass is 465 g/mol. The lowest BCUT2D eigenvalue weighted by atomic mass is 9.85. The van der Waals surface area contributed by atoms with Crippen molar-refractivity contribution in [2.75, 3.05) is 41.3 Å². The number of nitrogens with zero attached hydrogens (tertiary/aromatic N) is 8. The first-order valence-corrected chi connectivity index (χ1v) is 10.6. The first-order valence-electron chi connectivity index (χ1n) is 10.6. The molecule has 4 rings (SSSR count). The van der Waals surface area contributed by atoms with E-state index in [9.17, 15) is 10.1 Å².